The Morgan fingerprint density at radius 1 is 1.15 bits per heavy atom. The number of nitrogens with one attached hydrogen (secondary N) is 1. The van der Waals surface area contributed by atoms with Crippen molar-refractivity contribution in [2.24, 2.45) is 17.8 Å². The summed E-state index contributed by atoms with van der Waals surface area (Å²) in [5, 5.41) is 7.84. The molecule has 0 radical (unpaired) electrons. The normalized spacial score (nSPS) is 29.5. The largest absolute Gasteiger partial charge is 0.490 e. The zero-order valence-corrected chi connectivity index (χ0v) is 32.7. The van der Waals surface area contributed by atoms with Gasteiger partial charge in [-0.15, -0.1) is 5.10 Å². The summed E-state index contributed by atoms with van der Waals surface area (Å²) >= 11 is 6.47. The summed E-state index contributed by atoms with van der Waals surface area (Å²) in [6.07, 6.45) is 10.1. The van der Waals surface area contributed by atoms with Crippen LogP contribution in [0.1, 0.15) is 73.9 Å². The van der Waals surface area contributed by atoms with Crippen LogP contribution in [0.2, 0.25) is 5.02 Å². The zero-order chi connectivity index (χ0) is 38.5. The van der Waals surface area contributed by atoms with Crippen molar-refractivity contribution in [1.29, 1.82) is 0 Å². The molecule has 4 heterocycles. The van der Waals surface area contributed by atoms with Crippen LogP contribution in [0.4, 0.5) is 5.69 Å². The Balaban J connectivity index is 1.19. The third-order valence-electron chi connectivity index (χ3n) is 12.4. The molecule has 1 spiro atoms. The van der Waals surface area contributed by atoms with E-state index in [0.717, 1.165) is 36.9 Å². The maximum absolute atomic E-state index is 13.8. The van der Waals surface area contributed by atoms with Crippen LogP contribution in [0.5, 0.6) is 5.75 Å². The van der Waals surface area contributed by atoms with E-state index in [1.54, 1.807) is 50.6 Å². The molecule has 1 amide bonds. The molecule has 1 N–H and O–H groups in total. The lowest BCUT2D eigenvalue weighted by atomic mass is 9.63. The van der Waals surface area contributed by atoms with Crippen LogP contribution in [-0.4, -0.2) is 78.1 Å². The number of carbonyl (C=O) groups is 2. The third-order valence-corrected chi connectivity index (χ3v) is 14.6. The molecule has 4 aliphatic rings. The molecule has 0 unspecified atom stereocenters. The molecule has 2 aliphatic carbocycles. The number of hydrogen-bond donors (Lipinski definition) is 1. The number of benzene rings is 2. The summed E-state index contributed by atoms with van der Waals surface area (Å²) in [4.78, 5) is 40.8. The van der Waals surface area contributed by atoms with Crippen molar-refractivity contribution in [1.82, 2.24) is 24.9 Å². The van der Waals surface area contributed by atoms with E-state index in [0.29, 0.717) is 53.7 Å². The number of anilines is 1. The van der Waals surface area contributed by atoms with Crippen LogP contribution in [0.25, 0.3) is 11.2 Å². The van der Waals surface area contributed by atoms with Gasteiger partial charge in [-0.2, -0.15) is 0 Å². The first kappa shape index (κ1) is 37.4. The second kappa shape index (κ2) is 14.5. The van der Waals surface area contributed by atoms with Gasteiger partial charge in [0.05, 0.1) is 29.6 Å². The molecule has 2 bridgehead atoms. The maximum Gasteiger partial charge on any atom is 0.338 e. The Labute approximate surface area is 325 Å². The number of carbonyl (C=O) groups excluding carboxylic acids is 2. The fourth-order valence-corrected chi connectivity index (χ4v) is 10.5. The maximum atomic E-state index is 13.8. The predicted octanol–water partition coefficient (Wildman–Crippen LogP) is 5.45. The molecular weight excluding hydrogens is 744 g/mol. The summed E-state index contributed by atoms with van der Waals surface area (Å²) < 4.78 is 42.5. The average molecular weight is 789 g/mol. The summed E-state index contributed by atoms with van der Waals surface area (Å²) in [6, 6.07) is 14.7. The van der Waals surface area contributed by atoms with Crippen LogP contribution < -0.4 is 19.2 Å². The predicted molar refractivity (Wildman–Crippen MR) is 206 cm³/mol. The quantitative estimate of drug-likeness (QED) is 0.207. The molecular formula is C40H45ClN6O7S. The van der Waals surface area contributed by atoms with E-state index in [4.69, 9.17) is 25.9 Å². The lowest BCUT2D eigenvalue weighted by Crippen LogP contribution is -2.54. The Kier molecular flexibility index (Phi) is 9.87. The molecule has 8 rings (SSSR count). The van der Waals surface area contributed by atoms with Gasteiger partial charge in [0, 0.05) is 42.4 Å². The molecule has 1 fully saturated rings. The van der Waals surface area contributed by atoms with E-state index in [-0.39, 0.29) is 35.2 Å². The van der Waals surface area contributed by atoms with Crippen molar-refractivity contribution in [2.45, 2.75) is 75.1 Å². The van der Waals surface area contributed by atoms with Crippen LogP contribution in [0, 0.1) is 17.8 Å². The molecule has 55 heavy (non-hydrogen) atoms. The molecule has 0 saturated heterocycles. The lowest BCUT2D eigenvalue weighted by Gasteiger charge is -2.50. The van der Waals surface area contributed by atoms with Crippen LogP contribution in [0.3, 0.4) is 0 Å². The molecule has 15 heteroatoms. The molecule has 2 aromatic heterocycles. The number of aromatic nitrogens is 4. The highest BCUT2D eigenvalue weighted by Crippen LogP contribution is 2.50. The molecule has 13 nitrogen and oxygen atoms in total. The smallest absolute Gasteiger partial charge is 0.338 e. The number of aryl methyl sites for hydroxylation is 1. The number of allylic oxidation sites excluding steroid dienone is 1. The number of sulfonamides is 1. The van der Waals surface area contributed by atoms with Gasteiger partial charge in [-0.25, -0.2) is 22.9 Å². The summed E-state index contributed by atoms with van der Waals surface area (Å²) in [5.41, 5.74) is 2.69. The Hall–Kier alpha value is -4.53. The van der Waals surface area contributed by atoms with Crippen LogP contribution in [-0.2, 0) is 31.4 Å². The average Bonchev–Trinajstić information content (AvgIpc) is 3.49. The zero-order valence-electron chi connectivity index (χ0n) is 31.1. The SMILES string of the molecule is CO[C@@]1(CC(=O)On2nnc3cccnc32)/C=C\C[C@H](C)[C@@H](C)S(=O)(=O)NC(=O)c2ccc3c(c2)N(C[C@@H]2CC[C@H]21)C[C@@]1(CCCc2cc(Cl)ccc21)CO3. The lowest BCUT2D eigenvalue weighted by molar-refractivity contribution is -0.156. The van der Waals surface area contributed by atoms with E-state index in [1.807, 2.05) is 31.2 Å². The van der Waals surface area contributed by atoms with Gasteiger partial charge >= 0.3 is 5.97 Å². The fraction of sp³-hybridized carbons (Fsp3) is 0.475. The molecule has 4 aromatic rings. The number of fused-ring (bicyclic) bond motifs is 5. The number of pyridine rings is 1. The minimum absolute atomic E-state index is 0.0738. The first-order chi connectivity index (χ1) is 26.4. The van der Waals surface area contributed by atoms with E-state index in [2.05, 4.69) is 31.0 Å². The van der Waals surface area contributed by atoms with E-state index >= 15 is 0 Å². The van der Waals surface area contributed by atoms with Crippen molar-refractivity contribution >= 4 is 50.4 Å². The Bertz CT molecular complexity index is 2280. The van der Waals surface area contributed by atoms with Crippen molar-refractivity contribution < 1.29 is 32.3 Å². The summed E-state index contributed by atoms with van der Waals surface area (Å²) in [5.74, 6) is -1.05. The van der Waals surface area contributed by atoms with Gasteiger partial charge in [-0.3, -0.25) is 4.79 Å². The highest BCUT2D eigenvalue weighted by molar-refractivity contribution is 7.90. The van der Waals surface area contributed by atoms with Crippen LogP contribution >= 0.6 is 11.6 Å². The fourth-order valence-electron chi connectivity index (χ4n) is 9.00. The van der Waals surface area contributed by atoms with Gasteiger partial charge in [0.2, 0.25) is 15.7 Å². The highest BCUT2D eigenvalue weighted by Gasteiger charge is 2.50. The molecule has 290 valence electrons. The number of ether oxygens (including phenoxy) is 2. The van der Waals surface area contributed by atoms with E-state index in [1.165, 1.54) is 11.1 Å². The van der Waals surface area contributed by atoms with Crippen molar-refractivity contribution in [2.75, 3.05) is 31.7 Å². The van der Waals surface area contributed by atoms with Gasteiger partial charge in [-0.05, 0) is 127 Å². The minimum atomic E-state index is -4.06. The van der Waals surface area contributed by atoms with Gasteiger partial charge in [0.1, 0.15) is 11.3 Å². The Morgan fingerprint density at radius 3 is 2.80 bits per heavy atom. The number of nitrogens with zero attached hydrogens (tertiary/aromatic N) is 5. The number of rotatable bonds is 4. The van der Waals surface area contributed by atoms with Gasteiger partial charge in [-0.1, -0.05) is 36.7 Å². The van der Waals surface area contributed by atoms with Crippen LogP contribution in [0.15, 0.2) is 66.9 Å². The number of hydrogen-bond acceptors (Lipinski definition) is 11. The second-order valence-corrected chi connectivity index (χ2v) is 18.1. The monoisotopic (exact) mass is 788 g/mol. The molecule has 1 saturated carbocycles. The third kappa shape index (κ3) is 6.97. The highest BCUT2D eigenvalue weighted by atomic mass is 35.5. The summed E-state index contributed by atoms with van der Waals surface area (Å²) in [7, 11) is -2.46. The molecule has 2 aliphatic heterocycles. The first-order valence-corrected chi connectivity index (χ1v) is 20.8. The number of methoxy groups -OCH3 is 1. The second-order valence-electron chi connectivity index (χ2n) is 15.6. The standard InChI is InChI=1S/C40H45ClN6O7S/c1-25-7-4-17-40(52-3,21-36(48)54-47-37-33(43-45-47)9-6-18-42-37)32-13-10-29(32)22-46-23-39(16-5-8-27-19-30(41)12-14-31(27)39)24-53-35-15-11-28(20-34(35)46)38(49)44-55(50,51)26(25)2/h4,6,9,11-12,14-15,17-20,25-26,29,32H,5,7-8,10,13,16,21-24H2,1-3H3,(H,44,49)/b17-4-/t25-,26+,29-,32+,39-,40+/m0/s1. The molecule has 2 aromatic carbocycles. The summed E-state index contributed by atoms with van der Waals surface area (Å²) in [6.45, 7) is 5.02. The minimum Gasteiger partial charge on any atom is -0.490 e. The van der Waals surface area contributed by atoms with E-state index < -0.39 is 32.8 Å². The van der Waals surface area contributed by atoms with Crippen molar-refractivity contribution in [3.63, 3.8) is 0 Å². The first-order valence-electron chi connectivity index (χ1n) is 18.9. The van der Waals surface area contributed by atoms with E-state index in [9.17, 15) is 18.0 Å². The van der Waals surface area contributed by atoms with Gasteiger partial charge < -0.3 is 19.2 Å². The number of halogens is 1. The Morgan fingerprint density at radius 2 is 2.00 bits per heavy atom. The van der Waals surface area contributed by atoms with Crippen molar-refractivity contribution in [3.8, 4) is 5.75 Å². The molecule has 6 atom stereocenters. The van der Waals surface area contributed by atoms with Gasteiger partial charge in [0.15, 0.2) is 0 Å². The van der Waals surface area contributed by atoms with Crippen molar-refractivity contribution in [3.05, 3.63) is 88.6 Å². The topological polar surface area (TPSA) is 155 Å². The number of amides is 1. The van der Waals surface area contributed by atoms with Gasteiger partial charge in [0.25, 0.3) is 5.91 Å².